The Kier molecular flexibility index (Phi) is 3.25. The van der Waals surface area contributed by atoms with Crippen molar-refractivity contribution < 1.29 is 14.5 Å². The van der Waals surface area contributed by atoms with Crippen LogP contribution in [0, 0.1) is 10.1 Å². The Hall–Kier alpha value is -2.95. The molecule has 3 rings (SSSR count). The molecule has 0 heterocycles. The van der Waals surface area contributed by atoms with Gasteiger partial charge >= 0.3 is 5.97 Å². The van der Waals surface area contributed by atoms with Gasteiger partial charge in [-0.1, -0.05) is 48.5 Å². The Balaban J connectivity index is 2.00. The zero-order valence-electron chi connectivity index (χ0n) is 11.9. The lowest BCUT2D eigenvalue weighted by atomic mass is 9.88. The van der Waals surface area contributed by atoms with Gasteiger partial charge in [0.15, 0.2) is 0 Å². The summed E-state index contributed by atoms with van der Waals surface area (Å²) in [5.74, 6) is -0.389. The van der Waals surface area contributed by atoms with Gasteiger partial charge in [-0.2, -0.15) is 0 Å². The van der Waals surface area contributed by atoms with Gasteiger partial charge in [0.1, 0.15) is 5.41 Å². The van der Waals surface area contributed by atoms with Crippen LogP contribution in [0.25, 0.3) is 5.57 Å². The van der Waals surface area contributed by atoms with Gasteiger partial charge in [0.2, 0.25) is 0 Å². The minimum atomic E-state index is -0.939. The molecular weight excluding hydrogens is 282 g/mol. The van der Waals surface area contributed by atoms with E-state index in [4.69, 9.17) is 4.74 Å². The van der Waals surface area contributed by atoms with E-state index in [0.717, 1.165) is 11.1 Å². The maximum absolute atomic E-state index is 12.3. The lowest BCUT2D eigenvalue weighted by molar-refractivity contribution is -0.384. The first kappa shape index (κ1) is 14.0. The van der Waals surface area contributed by atoms with Crippen molar-refractivity contribution in [3.8, 4) is 0 Å². The van der Waals surface area contributed by atoms with Crippen LogP contribution in [-0.4, -0.2) is 18.0 Å². The minimum absolute atomic E-state index is 0.00863. The molecule has 2 aromatic carbocycles. The van der Waals surface area contributed by atoms with E-state index in [1.165, 1.54) is 19.2 Å². The van der Waals surface area contributed by atoms with Crippen LogP contribution in [0.15, 0.2) is 60.7 Å². The Morgan fingerprint density at radius 2 is 1.73 bits per heavy atom. The van der Waals surface area contributed by atoms with E-state index in [1.54, 1.807) is 12.1 Å². The van der Waals surface area contributed by atoms with Crippen LogP contribution in [0.4, 0.5) is 5.69 Å². The van der Waals surface area contributed by atoms with Crippen molar-refractivity contribution in [2.24, 2.45) is 0 Å². The van der Waals surface area contributed by atoms with E-state index in [0.29, 0.717) is 5.56 Å². The van der Waals surface area contributed by atoms with Gasteiger partial charge in [-0.25, -0.2) is 0 Å². The average molecular weight is 295 g/mol. The first-order chi connectivity index (χ1) is 10.6. The summed E-state index contributed by atoms with van der Waals surface area (Å²) in [5, 5.41) is 10.8. The maximum atomic E-state index is 12.3. The van der Waals surface area contributed by atoms with Crippen LogP contribution in [0.5, 0.6) is 0 Å². The molecule has 0 amide bonds. The number of esters is 1. The van der Waals surface area contributed by atoms with Crippen LogP contribution < -0.4 is 0 Å². The molecule has 5 heteroatoms. The predicted molar refractivity (Wildman–Crippen MR) is 81.2 cm³/mol. The van der Waals surface area contributed by atoms with Gasteiger partial charge in [-0.05, 0) is 16.7 Å². The molecule has 1 aliphatic carbocycles. The second-order valence-corrected chi connectivity index (χ2v) is 5.03. The zero-order chi connectivity index (χ0) is 15.7. The lowest BCUT2D eigenvalue weighted by Crippen LogP contribution is -2.25. The summed E-state index contributed by atoms with van der Waals surface area (Å²) in [5.41, 5.74) is 1.51. The maximum Gasteiger partial charge on any atom is 0.324 e. The van der Waals surface area contributed by atoms with Gasteiger partial charge in [-0.3, -0.25) is 14.9 Å². The normalized spacial score (nSPS) is 19.2. The van der Waals surface area contributed by atoms with Crippen LogP contribution in [0.3, 0.4) is 0 Å². The smallest absolute Gasteiger partial charge is 0.324 e. The second kappa shape index (κ2) is 5.11. The summed E-state index contributed by atoms with van der Waals surface area (Å²) in [6, 6.07) is 15.5. The molecule has 1 aliphatic rings. The molecule has 0 bridgehead atoms. The number of hydrogen-bond donors (Lipinski definition) is 0. The van der Waals surface area contributed by atoms with E-state index in [2.05, 4.69) is 0 Å². The molecule has 0 fully saturated rings. The molecule has 0 spiro atoms. The first-order valence-electron chi connectivity index (χ1n) is 6.71. The molecule has 0 aliphatic heterocycles. The fourth-order valence-electron chi connectivity index (χ4n) is 2.64. The van der Waals surface area contributed by atoms with Gasteiger partial charge in [0, 0.05) is 12.1 Å². The molecule has 5 nitrogen and oxygen atoms in total. The fourth-order valence-corrected chi connectivity index (χ4v) is 2.64. The number of carbonyl (C=O) groups excluding carboxylic acids is 1. The van der Waals surface area contributed by atoms with Gasteiger partial charge < -0.3 is 4.74 Å². The Morgan fingerprint density at radius 3 is 2.27 bits per heavy atom. The summed E-state index contributed by atoms with van der Waals surface area (Å²) in [4.78, 5) is 22.6. The third kappa shape index (κ3) is 2.07. The van der Waals surface area contributed by atoms with Crippen molar-refractivity contribution in [1.82, 2.24) is 0 Å². The van der Waals surface area contributed by atoms with Crippen LogP contribution in [0.2, 0.25) is 0 Å². The van der Waals surface area contributed by atoms with Crippen molar-refractivity contribution in [1.29, 1.82) is 0 Å². The van der Waals surface area contributed by atoms with Crippen LogP contribution in [-0.2, 0) is 14.9 Å². The van der Waals surface area contributed by atoms with Crippen LogP contribution >= 0.6 is 0 Å². The summed E-state index contributed by atoms with van der Waals surface area (Å²) < 4.78 is 4.94. The molecule has 0 radical (unpaired) electrons. The van der Waals surface area contributed by atoms with Crippen molar-refractivity contribution in [3.63, 3.8) is 0 Å². The number of methoxy groups -OCH3 is 1. The number of nitro benzene ring substituents is 1. The summed E-state index contributed by atoms with van der Waals surface area (Å²) >= 11 is 0. The fraction of sp³-hybridized carbons (Fsp3) is 0.118. The first-order valence-corrected chi connectivity index (χ1v) is 6.71. The van der Waals surface area contributed by atoms with E-state index in [1.807, 2.05) is 36.4 Å². The number of nitrogens with zero attached hydrogens (tertiary/aromatic N) is 1. The highest BCUT2D eigenvalue weighted by Crippen LogP contribution is 2.53. The number of non-ortho nitro benzene ring substituents is 1. The molecule has 0 N–H and O–H groups in total. The molecule has 0 saturated carbocycles. The van der Waals surface area contributed by atoms with Crippen molar-refractivity contribution in [2.45, 2.75) is 5.41 Å². The monoisotopic (exact) mass is 295 g/mol. The largest absolute Gasteiger partial charge is 0.468 e. The van der Waals surface area contributed by atoms with Crippen molar-refractivity contribution in [3.05, 3.63) is 81.9 Å². The molecular formula is C17H13NO4. The number of rotatable bonds is 4. The molecule has 2 aromatic rings. The summed E-state index contributed by atoms with van der Waals surface area (Å²) in [6.45, 7) is 0. The molecule has 110 valence electrons. The van der Waals surface area contributed by atoms with E-state index in [-0.39, 0.29) is 11.7 Å². The molecule has 1 unspecified atom stereocenters. The summed E-state index contributed by atoms with van der Waals surface area (Å²) in [6.07, 6.45) is 1.83. The van der Waals surface area contributed by atoms with E-state index >= 15 is 0 Å². The zero-order valence-corrected chi connectivity index (χ0v) is 11.9. The SMILES string of the molecule is COC(=O)C1(c2ccc([N+](=O)[O-])cc2)C=C1c1ccccc1. The predicted octanol–water partition coefficient (Wildman–Crippen LogP) is 3.10. The number of nitro groups is 1. The minimum Gasteiger partial charge on any atom is -0.468 e. The Bertz CT molecular complexity index is 765. The Labute approximate surface area is 127 Å². The van der Waals surface area contributed by atoms with Gasteiger partial charge in [-0.15, -0.1) is 0 Å². The van der Waals surface area contributed by atoms with Crippen molar-refractivity contribution in [2.75, 3.05) is 7.11 Å². The quantitative estimate of drug-likeness (QED) is 0.493. The highest BCUT2D eigenvalue weighted by atomic mass is 16.6. The second-order valence-electron chi connectivity index (χ2n) is 5.03. The van der Waals surface area contributed by atoms with Gasteiger partial charge in [0.25, 0.3) is 5.69 Å². The van der Waals surface area contributed by atoms with E-state index < -0.39 is 10.3 Å². The number of carbonyl (C=O) groups is 1. The van der Waals surface area contributed by atoms with E-state index in [9.17, 15) is 14.9 Å². The third-order valence-electron chi connectivity index (χ3n) is 3.83. The number of ether oxygens (including phenoxy) is 1. The Morgan fingerprint density at radius 1 is 1.09 bits per heavy atom. The van der Waals surface area contributed by atoms with Gasteiger partial charge in [0.05, 0.1) is 12.0 Å². The summed E-state index contributed by atoms with van der Waals surface area (Å²) in [7, 11) is 1.34. The lowest BCUT2D eigenvalue weighted by Gasteiger charge is -2.16. The standard InChI is InChI=1S/C17H13NO4/c1-22-16(19)17(11-15(17)12-5-3-2-4-6-12)13-7-9-14(10-8-13)18(20)21/h2-11H,1H3. The number of hydrogen-bond acceptors (Lipinski definition) is 4. The molecule has 0 saturated heterocycles. The van der Waals surface area contributed by atoms with Crippen molar-refractivity contribution >= 4 is 17.2 Å². The third-order valence-corrected chi connectivity index (χ3v) is 3.83. The highest BCUT2D eigenvalue weighted by molar-refractivity contribution is 6.12. The average Bonchev–Trinajstić information content (AvgIpc) is 3.32. The highest BCUT2D eigenvalue weighted by Gasteiger charge is 2.54. The molecule has 22 heavy (non-hydrogen) atoms. The molecule has 0 aromatic heterocycles. The molecule has 1 atom stereocenters. The topological polar surface area (TPSA) is 69.4 Å². The number of benzene rings is 2. The van der Waals surface area contributed by atoms with Crippen LogP contribution in [0.1, 0.15) is 11.1 Å².